The Hall–Kier alpha value is -3.25. The predicted molar refractivity (Wildman–Crippen MR) is 145 cm³/mol. The van der Waals surface area contributed by atoms with Gasteiger partial charge in [-0.2, -0.15) is 0 Å². The van der Waals surface area contributed by atoms with Gasteiger partial charge in [0.05, 0.1) is 10.6 Å². The molecule has 3 aromatic rings. The van der Waals surface area contributed by atoms with Gasteiger partial charge in [0.15, 0.2) is 5.17 Å². The number of aryl methyl sites for hydroxylation is 2. The molecule has 0 aliphatic carbocycles. The highest BCUT2D eigenvalue weighted by Gasteiger charge is 2.24. The number of amidine groups is 1. The molecular formula is C28H32N4OS. The van der Waals surface area contributed by atoms with E-state index in [1.54, 1.807) is 0 Å². The number of aliphatic imine (C=N–C) groups is 1. The Kier molecular flexibility index (Phi) is 7.27. The molecule has 2 heterocycles. The van der Waals surface area contributed by atoms with Crippen molar-refractivity contribution in [2.24, 2.45) is 4.99 Å². The highest BCUT2D eigenvalue weighted by molar-refractivity contribution is 8.18. The number of anilines is 1. The van der Waals surface area contributed by atoms with Crippen molar-refractivity contribution in [3.8, 4) is 5.69 Å². The summed E-state index contributed by atoms with van der Waals surface area (Å²) in [6.07, 6.45) is 2.96. The van der Waals surface area contributed by atoms with E-state index in [1.807, 2.05) is 18.2 Å². The van der Waals surface area contributed by atoms with Crippen LogP contribution in [0.3, 0.4) is 0 Å². The Balaban J connectivity index is 1.57. The monoisotopic (exact) mass is 472 g/mol. The summed E-state index contributed by atoms with van der Waals surface area (Å²) in [4.78, 5) is 20.2. The van der Waals surface area contributed by atoms with Crippen LogP contribution in [0.2, 0.25) is 0 Å². The highest BCUT2D eigenvalue weighted by atomic mass is 32.2. The minimum Gasteiger partial charge on any atom is -0.372 e. The lowest BCUT2D eigenvalue weighted by Gasteiger charge is -2.21. The van der Waals surface area contributed by atoms with Crippen LogP contribution in [0.1, 0.15) is 43.3 Å². The van der Waals surface area contributed by atoms with E-state index in [0.29, 0.717) is 10.1 Å². The standard InChI is InChI=1S/C28H32N4OS/c1-6-21-9-11-23(12-10-21)29-28-30-27(33)26(34-28)18-22-17-19(4)32(20(22)5)25-15-13-24(14-16-25)31(7-2)8-3/h9-18H,6-8H2,1-5H3,(H,29,30,33)/b26-18-. The maximum Gasteiger partial charge on any atom is 0.264 e. The zero-order valence-electron chi connectivity index (χ0n) is 20.6. The molecular weight excluding hydrogens is 440 g/mol. The fourth-order valence-electron chi connectivity index (χ4n) is 4.28. The Morgan fingerprint density at radius 3 is 2.29 bits per heavy atom. The van der Waals surface area contributed by atoms with E-state index < -0.39 is 0 Å². The maximum absolute atomic E-state index is 12.6. The summed E-state index contributed by atoms with van der Waals surface area (Å²) in [5.74, 6) is -0.109. The smallest absolute Gasteiger partial charge is 0.264 e. The van der Waals surface area contributed by atoms with Crippen LogP contribution < -0.4 is 10.2 Å². The van der Waals surface area contributed by atoms with E-state index in [4.69, 9.17) is 0 Å². The minimum absolute atomic E-state index is 0.109. The van der Waals surface area contributed by atoms with Crippen LogP contribution in [0.15, 0.2) is 64.5 Å². The summed E-state index contributed by atoms with van der Waals surface area (Å²) in [7, 11) is 0. The van der Waals surface area contributed by atoms with Crippen molar-refractivity contribution >= 4 is 40.3 Å². The molecule has 0 radical (unpaired) electrons. The zero-order valence-corrected chi connectivity index (χ0v) is 21.4. The van der Waals surface area contributed by atoms with Gasteiger partial charge >= 0.3 is 0 Å². The maximum atomic E-state index is 12.6. The summed E-state index contributed by atoms with van der Waals surface area (Å²) in [5.41, 5.74) is 7.74. The number of hydrogen-bond acceptors (Lipinski definition) is 4. The molecule has 4 rings (SSSR count). The number of aromatic nitrogens is 1. The molecule has 0 saturated carbocycles. The fourth-order valence-corrected chi connectivity index (χ4v) is 5.11. The van der Waals surface area contributed by atoms with Crippen molar-refractivity contribution in [1.29, 1.82) is 0 Å². The van der Waals surface area contributed by atoms with Crippen molar-refractivity contribution in [1.82, 2.24) is 9.88 Å². The number of nitrogens with one attached hydrogen (secondary N) is 1. The first kappa shape index (κ1) is 23.9. The van der Waals surface area contributed by atoms with Crippen LogP contribution in [0, 0.1) is 13.8 Å². The fraction of sp³-hybridized carbons (Fsp3) is 0.286. The van der Waals surface area contributed by atoms with E-state index in [-0.39, 0.29) is 5.91 Å². The number of thioether (sulfide) groups is 1. The molecule has 1 N–H and O–H groups in total. The van der Waals surface area contributed by atoms with Crippen LogP contribution >= 0.6 is 11.8 Å². The van der Waals surface area contributed by atoms with Crippen molar-refractivity contribution in [3.63, 3.8) is 0 Å². The molecule has 1 fully saturated rings. The first-order valence-corrected chi connectivity index (χ1v) is 12.7. The number of benzene rings is 2. The lowest BCUT2D eigenvalue weighted by Crippen LogP contribution is -2.21. The molecule has 5 nitrogen and oxygen atoms in total. The van der Waals surface area contributed by atoms with Gasteiger partial charge in [0.2, 0.25) is 0 Å². The summed E-state index contributed by atoms with van der Waals surface area (Å²) in [6, 6.07) is 18.9. The second-order valence-electron chi connectivity index (χ2n) is 8.35. The van der Waals surface area contributed by atoms with Crippen LogP contribution in [-0.4, -0.2) is 28.7 Å². The van der Waals surface area contributed by atoms with Gasteiger partial charge < -0.3 is 14.8 Å². The largest absolute Gasteiger partial charge is 0.372 e. The molecule has 0 unspecified atom stereocenters. The number of amides is 1. The minimum atomic E-state index is -0.109. The molecule has 1 saturated heterocycles. The van der Waals surface area contributed by atoms with Crippen molar-refractivity contribution in [2.75, 3.05) is 18.0 Å². The van der Waals surface area contributed by atoms with Gasteiger partial charge in [-0.1, -0.05) is 19.1 Å². The second kappa shape index (κ2) is 10.3. The Labute approximate surface area is 206 Å². The van der Waals surface area contributed by atoms with Crippen LogP contribution in [0.4, 0.5) is 11.4 Å². The van der Waals surface area contributed by atoms with Gasteiger partial charge in [0.1, 0.15) is 0 Å². The number of rotatable bonds is 7. The van der Waals surface area contributed by atoms with Crippen LogP contribution in [0.5, 0.6) is 0 Å². The van der Waals surface area contributed by atoms with Gasteiger partial charge in [-0.3, -0.25) is 4.79 Å². The third-order valence-corrected chi connectivity index (χ3v) is 7.13. The van der Waals surface area contributed by atoms with Gasteiger partial charge in [0.25, 0.3) is 5.91 Å². The average molecular weight is 473 g/mol. The van der Waals surface area contributed by atoms with E-state index in [0.717, 1.165) is 47.8 Å². The first-order chi connectivity index (χ1) is 16.4. The highest BCUT2D eigenvalue weighted by Crippen LogP contribution is 2.31. The third kappa shape index (κ3) is 4.97. The number of hydrogen-bond donors (Lipinski definition) is 1. The Morgan fingerprint density at radius 2 is 1.68 bits per heavy atom. The number of nitrogens with zero attached hydrogens (tertiary/aromatic N) is 3. The topological polar surface area (TPSA) is 49.6 Å². The van der Waals surface area contributed by atoms with Gasteiger partial charge in [0, 0.05) is 35.9 Å². The first-order valence-electron chi connectivity index (χ1n) is 11.9. The molecule has 6 heteroatoms. The van der Waals surface area contributed by atoms with Gasteiger partial charge in [-0.05, 0) is 106 Å². The van der Waals surface area contributed by atoms with Crippen molar-refractivity contribution in [2.45, 2.75) is 41.0 Å². The van der Waals surface area contributed by atoms with Crippen LogP contribution in [0.25, 0.3) is 11.8 Å². The van der Waals surface area contributed by atoms with E-state index in [2.05, 4.69) is 96.9 Å². The zero-order chi connectivity index (χ0) is 24.2. The van der Waals surface area contributed by atoms with E-state index >= 15 is 0 Å². The van der Waals surface area contributed by atoms with E-state index in [9.17, 15) is 4.79 Å². The molecule has 0 bridgehead atoms. The molecule has 1 amide bonds. The lowest BCUT2D eigenvalue weighted by atomic mass is 10.2. The Bertz CT molecular complexity index is 1230. The SMILES string of the molecule is CCc1ccc(N=C2NC(=O)/C(=C/c3cc(C)n(-c4ccc(N(CC)CC)cc4)c3C)S2)cc1. The molecule has 176 valence electrons. The van der Waals surface area contributed by atoms with Crippen molar-refractivity contribution in [3.05, 3.63) is 82.0 Å². The van der Waals surface area contributed by atoms with Crippen LogP contribution in [-0.2, 0) is 11.2 Å². The predicted octanol–water partition coefficient (Wildman–Crippen LogP) is 6.39. The molecule has 0 spiro atoms. The quantitative estimate of drug-likeness (QED) is 0.405. The molecule has 0 atom stereocenters. The van der Waals surface area contributed by atoms with E-state index in [1.165, 1.54) is 23.0 Å². The molecule has 1 aliphatic rings. The summed E-state index contributed by atoms with van der Waals surface area (Å²) in [5, 5.41) is 3.51. The summed E-state index contributed by atoms with van der Waals surface area (Å²) in [6.45, 7) is 12.7. The summed E-state index contributed by atoms with van der Waals surface area (Å²) >= 11 is 1.38. The number of carbonyl (C=O) groups excluding carboxylic acids is 1. The lowest BCUT2D eigenvalue weighted by molar-refractivity contribution is -0.115. The molecule has 34 heavy (non-hydrogen) atoms. The average Bonchev–Trinajstić information content (AvgIpc) is 3.33. The molecule has 1 aromatic heterocycles. The van der Waals surface area contributed by atoms with Gasteiger partial charge in [-0.25, -0.2) is 4.99 Å². The third-order valence-electron chi connectivity index (χ3n) is 6.22. The van der Waals surface area contributed by atoms with Gasteiger partial charge in [-0.15, -0.1) is 0 Å². The molecule has 2 aromatic carbocycles. The molecule has 1 aliphatic heterocycles. The number of carbonyl (C=O) groups is 1. The Morgan fingerprint density at radius 1 is 1.00 bits per heavy atom. The van der Waals surface area contributed by atoms with Crippen molar-refractivity contribution < 1.29 is 4.79 Å². The second-order valence-corrected chi connectivity index (χ2v) is 9.38. The normalized spacial score (nSPS) is 15.9. The summed E-state index contributed by atoms with van der Waals surface area (Å²) < 4.78 is 2.24.